The van der Waals surface area contributed by atoms with Gasteiger partial charge in [-0.1, -0.05) is 20.8 Å². The van der Waals surface area contributed by atoms with E-state index in [0.29, 0.717) is 6.54 Å². The van der Waals surface area contributed by atoms with Gasteiger partial charge in [-0.05, 0) is 110 Å². The van der Waals surface area contributed by atoms with Gasteiger partial charge < -0.3 is 39.3 Å². The molecule has 0 bridgehead atoms. The summed E-state index contributed by atoms with van der Waals surface area (Å²) in [6, 6.07) is 12.4. The number of halogens is 2. The van der Waals surface area contributed by atoms with Gasteiger partial charge in [0, 0.05) is 35.5 Å². The number of aryl methyl sites for hydroxylation is 4. The first kappa shape index (κ1) is 35.2. The van der Waals surface area contributed by atoms with E-state index in [1.165, 1.54) is 50.1 Å². The van der Waals surface area contributed by atoms with Crippen LogP contribution in [-0.2, 0) is 38.9 Å². The van der Waals surface area contributed by atoms with E-state index in [4.69, 9.17) is 16.5 Å². The highest BCUT2D eigenvalue weighted by Gasteiger charge is 2.25. The Balaban J connectivity index is 0.00000308. The number of hydrogen-bond donors (Lipinski definition) is 3. The fraction of sp³-hybridized carbons (Fsp3) is 0.382. The number of anilines is 3. The maximum atomic E-state index is 6.50. The molecule has 0 unspecified atom stereocenters. The lowest BCUT2D eigenvalue weighted by atomic mass is 9.83. The molecule has 42 heavy (non-hydrogen) atoms. The van der Waals surface area contributed by atoms with E-state index in [0.717, 1.165) is 55.5 Å². The highest BCUT2D eigenvalue weighted by molar-refractivity contribution is 5.54. The number of nitrogens with one attached hydrogen (secondary N) is 1. The lowest BCUT2D eigenvalue weighted by Crippen LogP contribution is -3.00. The Labute approximate surface area is 273 Å². The molecule has 6 nitrogen and oxygen atoms in total. The Hall–Kier alpha value is -2.97. The van der Waals surface area contributed by atoms with E-state index in [1.807, 2.05) is 19.1 Å². The number of nitrogens with zero attached hydrogens (tertiary/aromatic N) is 3. The Morgan fingerprint density at radius 2 is 1.07 bits per heavy atom. The first-order valence-electron chi connectivity index (χ1n) is 14.5. The van der Waals surface area contributed by atoms with Crippen molar-refractivity contribution in [1.29, 1.82) is 0 Å². The molecule has 0 radical (unpaired) electrons. The van der Waals surface area contributed by atoms with E-state index in [2.05, 4.69) is 92.7 Å². The Morgan fingerprint density at radius 1 is 0.619 bits per heavy atom. The number of hydrogen-bond acceptors (Lipinski definition) is 4. The van der Waals surface area contributed by atoms with Crippen LogP contribution in [-0.4, -0.2) is 4.98 Å². The molecule has 1 aromatic carbocycles. The van der Waals surface area contributed by atoms with Crippen molar-refractivity contribution in [2.45, 2.75) is 87.4 Å². The highest BCUT2D eigenvalue weighted by atomic mass is 79.9. The van der Waals surface area contributed by atoms with Gasteiger partial charge in [0.2, 0.25) is 0 Å². The first-order chi connectivity index (χ1) is 19.1. The summed E-state index contributed by atoms with van der Waals surface area (Å²) in [6.07, 6.45) is 7.14. The summed E-state index contributed by atoms with van der Waals surface area (Å²) in [7, 11) is 0. The summed E-state index contributed by atoms with van der Waals surface area (Å²) in [5.74, 6) is 2.46. The fourth-order valence-corrected chi connectivity index (χ4v) is 6.05. The van der Waals surface area contributed by atoms with Gasteiger partial charge in [0.15, 0.2) is 0 Å². The number of benzene rings is 1. The van der Waals surface area contributed by atoms with Crippen molar-refractivity contribution in [3.05, 3.63) is 105 Å². The number of pyridine rings is 3. The number of rotatable bonds is 10. The first-order valence-corrected chi connectivity index (χ1v) is 14.5. The zero-order chi connectivity index (χ0) is 29.0. The molecule has 0 saturated carbocycles. The second kappa shape index (κ2) is 15.5. The van der Waals surface area contributed by atoms with Crippen molar-refractivity contribution < 1.29 is 43.1 Å². The molecule has 0 spiro atoms. The monoisotopic (exact) mass is 696 g/mol. The molecule has 4 aromatic rings. The quantitative estimate of drug-likeness (QED) is 0.195. The third kappa shape index (κ3) is 7.90. The van der Waals surface area contributed by atoms with Crippen LogP contribution in [0.3, 0.4) is 0 Å². The number of nitrogens with two attached hydrogens (primary N) is 2. The zero-order valence-corrected chi connectivity index (χ0v) is 29.3. The largest absolute Gasteiger partial charge is 1.00 e. The average Bonchev–Trinajstić information content (AvgIpc) is 2.91. The summed E-state index contributed by atoms with van der Waals surface area (Å²) >= 11 is 0. The van der Waals surface area contributed by atoms with E-state index in [1.54, 1.807) is 0 Å². The summed E-state index contributed by atoms with van der Waals surface area (Å²) in [6.45, 7) is 17.4. The molecule has 3 aromatic heterocycles. The molecule has 5 N–H and O–H groups in total. The highest BCUT2D eigenvalue weighted by Crippen LogP contribution is 2.32. The fourth-order valence-electron chi connectivity index (χ4n) is 6.05. The SMILES string of the molecule is CCc1c(CNc2cc(C)cc(C)n2)c(CC)c(C[n+]2cc(C)ccc2N)c(CC)c1C[n+]1cc(C)ccc1N.[Br-].[Br-]. The van der Waals surface area contributed by atoms with E-state index in [9.17, 15) is 0 Å². The molecule has 0 fully saturated rings. The predicted octanol–water partition coefficient (Wildman–Crippen LogP) is -0.541. The topological polar surface area (TPSA) is 84.7 Å². The predicted molar refractivity (Wildman–Crippen MR) is 165 cm³/mol. The van der Waals surface area contributed by atoms with E-state index >= 15 is 0 Å². The summed E-state index contributed by atoms with van der Waals surface area (Å²) < 4.78 is 4.38. The summed E-state index contributed by atoms with van der Waals surface area (Å²) in [4.78, 5) is 4.76. The molecule has 0 amide bonds. The van der Waals surface area contributed by atoms with Crippen LogP contribution < -0.4 is 59.9 Å². The van der Waals surface area contributed by atoms with Crippen LogP contribution in [0, 0.1) is 27.7 Å². The molecule has 0 atom stereocenters. The van der Waals surface area contributed by atoms with Gasteiger partial charge in [-0.2, -0.15) is 0 Å². The van der Waals surface area contributed by atoms with Crippen LogP contribution in [0.15, 0.2) is 48.8 Å². The molecule has 226 valence electrons. The number of aromatic nitrogens is 3. The Morgan fingerprint density at radius 3 is 1.50 bits per heavy atom. The van der Waals surface area contributed by atoms with Gasteiger partial charge in [-0.25, -0.2) is 14.1 Å². The third-order valence-corrected chi connectivity index (χ3v) is 7.86. The molecular formula is C34H46Br2N6. The second-order valence-electron chi connectivity index (χ2n) is 11.0. The van der Waals surface area contributed by atoms with Crippen LogP contribution in [0.25, 0.3) is 0 Å². The van der Waals surface area contributed by atoms with E-state index in [-0.39, 0.29) is 34.0 Å². The minimum absolute atomic E-state index is 0. The minimum atomic E-state index is 0. The standard InChI is InChI=1S/C34H44N6.2BrH/c1-8-26-29(17-37-34-16-24(6)15-25(7)38-34)27(9-2)31(21-40-19-23(5)12-14-33(40)36)28(10-3)30(26)20-39-18-22(4)11-13-32(39)35;;/h11-16,18-19,35-36H,8-10,17,20-21H2,1-7H3,(H,37,38);2*1H. The van der Waals surface area contributed by atoms with Crippen molar-refractivity contribution in [2.24, 2.45) is 0 Å². The molecule has 8 heteroatoms. The van der Waals surface area contributed by atoms with Crippen molar-refractivity contribution in [3.8, 4) is 0 Å². The van der Waals surface area contributed by atoms with Crippen molar-refractivity contribution in [3.63, 3.8) is 0 Å². The zero-order valence-electron chi connectivity index (χ0n) is 26.1. The van der Waals surface area contributed by atoms with Crippen LogP contribution >= 0.6 is 0 Å². The molecule has 0 aliphatic heterocycles. The number of nitrogen functional groups attached to an aromatic ring is 2. The Kier molecular flexibility index (Phi) is 13.0. The van der Waals surface area contributed by atoms with Crippen LogP contribution in [0.5, 0.6) is 0 Å². The third-order valence-electron chi connectivity index (χ3n) is 7.86. The van der Waals surface area contributed by atoms with E-state index < -0.39 is 0 Å². The van der Waals surface area contributed by atoms with Gasteiger partial charge in [0.25, 0.3) is 11.6 Å². The summed E-state index contributed by atoms with van der Waals surface area (Å²) in [5.41, 5.74) is 26.0. The van der Waals surface area contributed by atoms with Crippen molar-refractivity contribution >= 4 is 17.5 Å². The summed E-state index contributed by atoms with van der Waals surface area (Å²) in [5, 5.41) is 3.68. The average molecular weight is 699 g/mol. The molecule has 0 aliphatic rings. The molecule has 0 aliphatic carbocycles. The molecular weight excluding hydrogens is 652 g/mol. The lowest BCUT2D eigenvalue weighted by Gasteiger charge is -2.26. The maximum Gasteiger partial charge on any atom is 0.272 e. The van der Waals surface area contributed by atoms with Crippen LogP contribution in [0.2, 0.25) is 0 Å². The Bertz CT molecular complexity index is 1430. The van der Waals surface area contributed by atoms with Gasteiger partial charge in [-0.15, -0.1) is 0 Å². The molecule has 3 heterocycles. The minimum Gasteiger partial charge on any atom is -1.00 e. The van der Waals surface area contributed by atoms with Gasteiger partial charge in [-0.3, -0.25) is 11.5 Å². The van der Waals surface area contributed by atoms with Crippen molar-refractivity contribution in [1.82, 2.24) is 4.98 Å². The van der Waals surface area contributed by atoms with Crippen molar-refractivity contribution in [2.75, 3.05) is 16.8 Å². The second-order valence-corrected chi connectivity index (χ2v) is 11.0. The lowest BCUT2D eigenvalue weighted by molar-refractivity contribution is -0.675. The molecule has 4 rings (SSSR count). The van der Waals surface area contributed by atoms with Gasteiger partial charge in [0.05, 0.1) is 12.4 Å². The van der Waals surface area contributed by atoms with Crippen LogP contribution in [0.1, 0.15) is 76.5 Å². The normalized spacial score (nSPS) is 10.6. The molecule has 0 saturated heterocycles. The smallest absolute Gasteiger partial charge is 0.272 e. The van der Waals surface area contributed by atoms with Crippen LogP contribution in [0.4, 0.5) is 17.5 Å². The van der Waals surface area contributed by atoms with Gasteiger partial charge >= 0.3 is 0 Å². The maximum absolute atomic E-state index is 6.50. The van der Waals surface area contributed by atoms with Gasteiger partial charge in [0.1, 0.15) is 18.9 Å².